The number of piperazine rings is 1. The van der Waals surface area contributed by atoms with E-state index < -0.39 is 22.8 Å². The number of carbonyl (C=O) groups is 2. The van der Waals surface area contributed by atoms with Crippen molar-refractivity contribution in [3.63, 3.8) is 0 Å². The molecule has 1 amide bonds. The molecule has 0 aliphatic carbocycles. The lowest BCUT2D eigenvalue weighted by Crippen LogP contribution is -2.43. The summed E-state index contributed by atoms with van der Waals surface area (Å²) in [4.78, 5) is 37.0. The Morgan fingerprint density at radius 3 is 2.46 bits per heavy atom. The van der Waals surface area contributed by atoms with Crippen LogP contribution in [0.25, 0.3) is 10.8 Å². The average molecular weight is 507 g/mol. The van der Waals surface area contributed by atoms with Crippen molar-refractivity contribution in [1.29, 1.82) is 0 Å². The highest BCUT2D eigenvalue weighted by molar-refractivity contribution is 5.96. The van der Waals surface area contributed by atoms with E-state index in [2.05, 4.69) is 15.5 Å². The van der Waals surface area contributed by atoms with Crippen LogP contribution in [0.5, 0.6) is 5.75 Å². The number of carboxylic acid groups (broad SMARTS) is 1. The summed E-state index contributed by atoms with van der Waals surface area (Å²) in [5.74, 6) is -0.985. The van der Waals surface area contributed by atoms with Crippen molar-refractivity contribution < 1.29 is 24.4 Å². The van der Waals surface area contributed by atoms with Crippen molar-refractivity contribution in [3.8, 4) is 5.75 Å². The average Bonchev–Trinajstić information content (AvgIpc) is 2.91. The van der Waals surface area contributed by atoms with Crippen molar-refractivity contribution in [1.82, 2.24) is 15.5 Å². The Hall–Kier alpha value is -4.02. The van der Waals surface area contributed by atoms with Gasteiger partial charge in [0.25, 0.3) is 11.6 Å². The third kappa shape index (κ3) is 7.25. The van der Waals surface area contributed by atoms with Crippen molar-refractivity contribution in [2.24, 2.45) is 0 Å². The second-order valence-electron chi connectivity index (χ2n) is 9.01. The van der Waals surface area contributed by atoms with Gasteiger partial charge in [-0.25, -0.2) is 4.79 Å². The standard InChI is InChI=1S/C27H30N4O6/c32-26(20-4-7-23(8-5-20)31(35)36)29-25(27(33)34)17-19-2-3-22-18-24(9-6-21(22)16-19)37-15-1-12-30-13-10-28-11-14-30/h2-9,16,18,25,28H,1,10-15,17H2,(H,29,32)(H,33,34). The molecule has 1 aliphatic heterocycles. The van der Waals surface area contributed by atoms with Crippen LogP contribution in [0.2, 0.25) is 0 Å². The minimum atomic E-state index is -1.17. The smallest absolute Gasteiger partial charge is 0.326 e. The Morgan fingerprint density at radius 2 is 1.76 bits per heavy atom. The Labute approximate surface area is 214 Å². The Bertz CT molecular complexity index is 1260. The van der Waals surface area contributed by atoms with E-state index in [9.17, 15) is 24.8 Å². The zero-order valence-electron chi connectivity index (χ0n) is 20.4. The summed E-state index contributed by atoms with van der Waals surface area (Å²) in [6, 6.07) is 15.3. The molecule has 3 N–H and O–H groups in total. The molecule has 194 valence electrons. The molecule has 1 fully saturated rings. The molecule has 1 heterocycles. The van der Waals surface area contributed by atoms with Gasteiger partial charge in [-0.2, -0.15) is 0 Å². The number of hydrogen-bond donors (Lipinski definition) is 3. The van der Waals surface area contributed by atoms with Crippen LogP contribution < -0.4 is 15.4 Å². The lowest BCUT2D eigenvalue weighted by Gasteiger charge is -2.26. The minimum Gasteiger partial charge on any atom is -0.494 e. The number of benzene rings is 3. The van der Waals surface area contributed by atoms with E-state index in [1.165, 1.54) is 24.3 Å². The fourth-order valence-corrected chi connectivity index (χ4v) is 4.31. The molecular formula is C27H30N4O6. The molecule has 1 atom stereocenters. The second kappa shape index (κ2) is 12.3. The van der Waals surface area contributed by atoms with Crippen molar-refractivity contribution >= 4 is 28.3 Å². The predicted molar refractivity (Wildman–Crippen MR) is 139 cm³/mol. The number of nitrogens with one attached hydrogen (secondary N) is 2. The molecule has 3 aromatic carbocycles. The molecule has 0 saturated carbocycles. The van der Waals surface area contributed by atoms with Crippen LogP contribution in [0.4, 0.5) is 5.69 Å². The van der Waals surface area contributed by atoms with E-state index >= 15 is 0 Å². The number of carboxylic acids is 1. The number of non-ortho nitro benzene ring substituents is 1. The summed E-state index contributed by atoms with van der Waals surface area (Å²) >= 11 is 0. The minimum absolute atomic E-state index is 0.0915. The first-order chi connectivity index (χ1) is 17.9. The van der Waals surface area contributed by atoms with Gasteiger partial charge in [0.15, 0.2) is 0 Å². The molecule has 1 unspecified atom stereocenters. The van der Waals surface area contributed by atoms with Crippen LogP contribution in [0.15, 0.2) is 60.7 Å². The van der Waals surface area contributed by atoms with Gasteiger partial charge in [-0.1, -0.05) is 24.3 Å². The zero-order chi connectivity index (χ0) is 26.2. The van der Waals surface area contributed by atoms with E-state index in [0.29, 0.717) is 6.61 Å². The van der Waals surface area contributed by atoms with Crippen LogP contribution >= 0.6 is 0 Å². The molecule has 10 nitrogen and oxygen atoms in total. The van der Waals surface area contributed by atoms with Gasteiger partial charge in [0.2, 0.25) is 0 Å². The molecule has 0 bridgehead atoms. The third-order valence-corrected chi connectivity index (χ3v) is 6.36. The summed E-state index contributed by atoms with van der Waals surface area (Å²) in [7, 11) is 0. The number of aliphatic carboxylic acids is 1. The molecule has 0 aromatic heterocycles. The van der Waals surface area contributed by atoms with Gasteiger partial charge in [0.05, 0.1) is 11.5 Å². The van der Waals surface area contributed by atoms with Crippen LogP contribution in [0.1, 0.15) is 22.3 Å². The number of fused-ring (bicyclic) bond motifs is 1. The van der Waals surface area contributed by atoms with Gasteiger partial charge < -0.3 is 25.4 Å². The molecule has 0 spiro atoms. The predicted octanol–water partition coefficient (Wildman–Crippen LogP) is 2.85. The Kier molecular flexibility index (Phi) is 8.65. The normalized spacial score (nSPS) is 14.7. The molecule has 4 rings (SSSR count). The lowest BCUT2D eigenvalue weighted by atomic mass is 10.0. The van der Waals surface area contributed by atoms with Crippen LogP contribution in [0, 0.1) is 10.1 Å². The number of amides is 1. The molecular weight excluding hydrogens is 476 g/mol. The molecule has 3 aromatic rings. The van der Waals surface area contributed by atoms with Crippen LogP contribution in [0.3, 0.4) is 0 Å². The van der Waals surface area contributed by atoms with Gasteiger partial charge >= 0.3 is 5.97 Å². The first-order valence-corrected chi connectivity index (χ1v) is 12.3. The molecule has 10 heteroatoms. The number of nitrogens with zero attached hydrogens (tertiary/aromatic N) is 2. The van der Waals surface area contributed by atoms with Gasteiger partial charge in [-0.3, -0.25) is 14.9 Å². The second-order valence-corrected chi connectivity index (χ2v) is 9.01. The molecule has 1 saturated heterocycles. The third-order valence-electron chi connectivity index (χ3n) is 6.36. The molecule has 1 aliphatic rings. The highest BCUT2D eigenvalue weighted by Crippen LogP contribution is 2.23. The fraction of sp³-hybridized carbons (Fsp3) is 0.333. The topological polar surface area (TPSA) is 134 Å². The van der Waals surface area contributed by atoms with E-state index in [0.717, 1.165) is 61.2 Å². The summed E-state index contributed by atoms with van der Waals surface area (Å²) in [5, 5.41) is 28.2. The van der Waals surface area contributed by atoms with Crippen LogP contribution in [-0.2, 0) is 11.2 Å². The summed E-state index contributed by atoms with van der Waals surface area (Å²) < 4.78 is 5.93. The molecule has 0 radical (unpaired) electrons. The maximum absolute atomic E-state index is 12.5. The highest BCUT2D eigenvalue weighted by atomic mass is 16.6. The van der Waals surface area contributed by atoms with Crippen molar-refractivity contribution in [2.45, 2.75) is 18.9 Å². The number of carbonyl (C=O) groups excluding carboxylic acids is 1. The van der Waals surface area contributed by atoms with E-state index in [1.807, 2.05) is 36.4 Å². The maximum atomic E-state index is 12.5. The van der Waals surface area contributed by atoms with E-state index in [1.54, 1.807) is 0 Å². The number of hydrogen-bond acceptors (Lipinski definition) is 7. The largest absolute Gasteiger partial charge is 0.494 e. The van der Waals surface area contributed by atoms with Gasteiger partial charge in [0.1, 0.15) is 11.8 Å². The van der Waals surface area contributed by atoms with Crippen LogP contribution in [-0.4, -0.2) is 72.2 Å². The van der Waals surface area contributed by atoms with Crippen molar-refractivity contribution in [3.05, 3.63) is 81.9 Å². The fourth-order valence-electron chi connectivity index (χ4n) is 4.31. The number of rotatable bonds is 11. The number of ether oxygens (including phenoxy) is 1. The number of nitro benzene ring substituents is 1. The van der Waals surface area contributed by atoms with Crippen molar-refractivity contribution in [2.75, 3.05) is 39.3 Å². The monoisotopic (exact) mass is 506 g/mol. The quantitative estimate of drug-likeness (QED) is 0.205. The molecule has 37 heavy (non-hydrogen) atoms. The first kappa shape index (κ1) is 26.1. The Balaban J connectivity index is 1.34. The number of nitro groups is 1. The summed E-state index contributed by atoms with van der Waals surface area (Å²) in [6.45, 7) is 5.87. The zero-order valence-corrected chi connectivity index (χ0v) is 20.4. The maximum Gasteiger partial charge on any atom is 0.326 e. The first-order valence-electron chi connectivity index (χ1n) is 12.3. The van der Waals surface area contributed by atoms with Gasteiger partial charge in [-0.05, 0) is 47.0 Å². The van der Waals surface area contributed by atoms with E-state index in [4.69, 9.17) is 4.74 Å². The summed E-state index contributed by atoms with van der Waals surface area (Å²) in [6.07, 6.45) is 1.05. The SMILES string of the molecule is O=C(NC(Cc1ccc2cc(OCCCN3CCNCC3)ccc2c1)C(=O)O)c1ccc([N+](=O)[O-])cc1. The van der Waals surface area contributed by atoms with Gasteiger partial charge in [0, 0.05) is 56.8 Å². The highest BCUT2D eigenvalue weighted by Gasteiger charge is 2.22. The Morgan fingerprint density at radius 1 is 1.05 bits per heavy atom. The van der Waals surface area contributed by atoms with Gasteiger partial charge in [-0.15, -0.1) is 0 Å². The summed E-state index contributed by atoms with van der Waals surface area (Å²) in [5.41, 5.74) is 0.760. The van der Waals surface area contributed by atoms with E-state index in [-0.39, 0.29) is 17.7 Å². The lowest BCUT2D eigenvalue weighted by molar-refractivity contribution is -0.384.